The number of hydrogen-bond acceptors (Lipinski definition) is 4. The van der Waals surface area contributed by atoms with Gasteiger partial charge >= 0.3 is 5.97 Å². The molecule has 0 heterocycles. The van der Waals surface area contributed by atoms with Gasteiger partial charge in [0.05, 0.1) is 31.3 Å². The van der Waals surface area contributed by atoms with Crippen LogP contribution in [0, 0.1) is 0 Å². The molecule has 2 aromatic carbocycles. The van der Waals surface area contributed by atoms with Crippen LogP contribution in [-0.2, 0) is 9.53 Å². The summed E-state index contributed by atoms with van der Waals surface area (Å²) >= 11 is 23.8. The summed E-state index contributed by atoms with van der Waals surface area (Å²) < 4.78 is 5.00. The lowest BCUT2D eigenvalue weighted by molar-refractivity contribution is -0.119. The van der Waals surface area contributed by atoms with Crippen LogP contribution in [-0.4, -0.2) is 25.5 Å². The van der Waals surface area contributed by atoms with Crippen LogP contribution in [0.25, 0.3) is 0 Å². The first kappa shape index (κ1) is 19.7. The molecule has 2 rings (SSSR count). The predicted molar refractivity (Wildman–Crippen MR) is 101 cm³/mol. The Morgan fingerprint density at radius 2 is 1.64 bits per heavy atom. The van der Waals surface area contributed by atoms with Crippen molar-refractivity contribution in [3.63, 3.8) is 0 Å². The summed E-state index contributed by atoms with van der Waals surface area (Å²) in [6.07, 6.45) is 0. The topological polar surface area (TPSA) is 67.4 Å². The third-order valence-corrected chi connectivity index (χ3v) is 4.70. The molecule has 0 saturated carbocycles. The molecule has 0 aliphatic rings. The van der Waals surface area contributed by atoms with Crippen molar-refractivity contribution in [3.05, 3.63) is 56.0 Å². The molecule has 0 saturated heterocycles. The summed E-state index contributed by atoms with van der Waals surface area (Å²) in [4.78, 5) is 24.1. The lowest BCUT2D eigenvalue weighted by atomic mass is 10.2. The Morgan fingerprint density at radius 1 is 1.04 bits per heavy atom. The Kier molecular flexibility index (Phi) is 6.79. The summed E-state index contributed by atoms with van der Waals surface area (Å²) in [5.74, 6) is -1.29. The molecule has 0 aromatic heterocycles. The van der Waals surface area contributed by atoms with Crippen molar-refractivity contribution in [2.45, 2.75) is 0 Å². The molecule has 9 heteroatoms. The zero-order valence-electron chi connectivity index (χ0n) is 12.8. The minimum Gasteiger partial charge on any atom is -0.452 e. The Hall–Kier alpha value is -1.66. The number of halogens is 4. The van der Waals surface area contributed by atoms with E-state index in [0.29, 0.717) is 11.3 Å². The van der Waals surface area contributed by atoms with Crippen molar-refractivity contribution in [1.82, 2.24) is 0 Å². The van der Waals surface area contributed by atoms with Gasteiger partial charge in [0.1, 0.15) is 0 Å². The highest BCUT2D eigenvalue weighted by Crippen LogP contribution is 2.40. The quantitative estimate of drug-likeness (QED) is 0.518. The van der Waals surface area contributed by atoms with Crippen LogP contribution in [0.3, 0.4) is 0 Å². The second-order valence-electron chi connectivity index (χ2n) is 4.76. The molecule has 0 bridgehead atoms. The molecule has 0 fully saturated rings. The molecule has 25 heavy (non-hydrogen) atoms. The summed E-state index contributed by atoms with van der Waals surface area (Å²) in [6.45, 7) is -0.534. The van der Waals surface area contributed by atoms with Gasteiger partial charge in [-0.15, -0.1) is 0 Å². The van der Waals surface area contributed by atoms with Crippen molar-refractivity contribution < 1.29 is 14.3 Å². The van der Waals surface area contributed by atoms with Gasteiger partial charge in [-0.05, 0) is 18.2 Å². The minimum atomic E-state index is -0.651. The van der Waals surface area contributed by atoms with E-state index in [0.717, 1.165) is 0 Å². The number of benzene rings is 2. The fourth-order valence-corrected chi connectivity index (χ4v) is 2.85. The first-order chi connectivity index (χ1) is 11.8. The van der Waals surface area contributed by atoms with E-state index in [1.807, 2.05) is 0 Å². The molecule has 0 aliphatic carbocycles. The number of esters is 1. The van der Waals surface area contributed by atoms with Crippen LogP contribution in [0.2, 0.25) is 20.1 Å². The molecule has 0 spiro atoms. The SMILES string of the molecule is CNc1ccccc1C(=O)OCC(=O)Nc1c(Cl)c(Cl)cc(Cl)c1Cl. The van der Waals surface area contributed by atoms with Crippen LogP contribution in [0.4, 0.5) is 11.4 Å². The molecule has 1 amide bonds. The van der Waals surface area contributed by atoms with Gasteiger partial charge in [0, 0.05) is 12.7 Å². The Balaban J connectivity index is 2.06. The van der Waals surface area contributed by atoms with Crippen LogP contribution in [0.1, 0.15) is 10.4 Å². The monoisotopic (exact) mass is 420 g/mol. The number of para-hydroxylation sites is 1. The number of anilines is 2. The summed E-state index contributed by atoms with van der Waals surface area (Å²) in [5, 5.41) is 5.63. The van der Waals surface area contributed by atoms with Crippen LogP contribution >= 0.6 is 46.4 Å². The Bertz CT molecular complexity index is 801. The highest BCUT2D eigenvalue weighted by Gasteiger charge is 2.18. The minimum absolute atomic E-state index is 0.0382. The van der Waals surface area contributed by atoms with Gasteiger partial charge < -0.3 is 15.4 Å². The van der Waals surface area contributed by atoms with Crippen molar-refractivity contribution in [2.75, 3.05) is 24.3 Å². The molecule has 0 radical (unpaired) electrons. The van der Waals surface area contributed by atoms with Gasteiger partial charge in [0.15, 0.2) is 6.61 Å². The number of carbonyl (C=O) groups is 2. The van der Waals surface area contributed by atoms with Gasteiger partial charge in [-0.2, -0.15) is 0 Å². The van der Waals surface area contributed by atoms with Crippen molar-refractivity contribution >= 4 is 69.7 Å². The first-order valence-corrected chi connectivity index (χ1v) is 8.43. The van der Waals surface area contributed by atoms with Crippen LogP contribution in [0.15, 0.2) is 30.3 Å². The Morgan fingerprint density at radius 3 is 2.24 bits per heavy atom. The second kappa shape index (κ2) is 8.63. The number of amides is 1. The molecular weight excluding hydrogens is 410 g/mol. The molecule has 0 unspecified atom stereocenters. The maximum Gasteiger partial charge on any atom is 0.340 e. The van der Waals surface area contributed by atoms with Crippen molar-refractivity contribution in [3.8, 4) is 0 Å². The average Bonchev–Trinajstić information content (AvgIpc) is 2.61. The number of ether oxygens (including phenoxy) is 1. The standard InChI is InChI=1S/C16H12Cl4N2O3/c1-21-11-5-3-2-4-8(11)16(24)25-7-12(23)22-15-13(19)9(17)6-10(18)14(15)20/h2-6,21H,7H2,1H3,(H,22,23). The lowest BCUT2D eigenvalue weighted by Crippen LogP contribution is -2.21. The average molecular weight is 422 g/mol. The number of hydrogen-bond donors (Lipinski definition) is 2. The zero-order valence-corrected chi connectivity index (χ0v) is 15.9. The molecule has 0 atom stereocenters. The van der Waals surface area contributed by atoms with Gasteiger partial charge in [0.25, 0.3) is 5.91 Å². The van der Waals surface area contributed by atoms with Gasteiger partial charge in [-0.1, -0.05) is 58.5 Å². The van der Waals surface area contributed by atoms with E-state index >= 15 is 0 Å². The molecular formula is C16H12Cl4N2O3. The second-order valence-corrected chi connectivity index (χ2v) is 6.33. The number of nitrogens with one attached hydrogen (secondary N) is 2. The fourth-order valence-electron chi connectivity index (χ4n) is 1.95. The smallest absolute Gasteiger partial charge is 0.340 e. The predicted octanol–water partition coefficient (Wildman–Crippen LogP) is 5.14. The zero-order chi connectivity index (χ0) is 18.6. The van der Waals surface area contributed by atoms with E-state index in [4.69, 9.17) is 51.1 Å². The number of rotatable bonds is 5. The molecule has 0 aliphatic heterocycles. The van der Waals surface area contributed by atoms with E-state index in [1.54, 1.807) is 31.3 Å². The van der Waals surface area contributed by atoms with E-state index in [-0.39, 0.29) is 25.8 Å². The first-order valence-electron chi connectivity index (χ1n) is 6.92. The molecule has 5 nitrogen and oxygen atoms in total. The Labute approximate surface area is 164 Å². The molecule has 2 aromatic rings. The molecule has 132 valence electrons. The maximum atomic E-state index is 12.1. The fraction of sp³-hybridized carbons (Fsp3) is 0.125. The normalized spacial score (nSPS) is 10.3. The lowest BCUT2D eigenvalue weighted by Gasteiger charge is -2.12. The third kappa shape index (κ3) is 4.70. The van der Waals surface area contributed by atoms with Crippen LogP contribution < -0.4 is 10.6 Å². The number of carbonyl (C=O) groups excluding carboxylic acids is 2. The van der Waals surface area contributed by atoms with E-state index in [1.165, 1.54) is 6.07 Å². The highest BCUT2D eigenvalue weighted by atomic mass is 35.5. The highest BCUT2D eigenvalue weighted by molar-refractivity contribution is 6.50. The van der Waals surface area contributed by atoms with Crippen LogP contribution in [0.5, 0.6) is 0 Å². The largest absolute Gasteiger partial charge is 0.452 e. The van der Waals surface area contributed by atoms with E-state index in [9.17, 15) is 9.59 Å². The maximum absolute atomic E-state index is 12.1. The summed E-state index contributed by atoms with van der Waals surface area (Å²) in [6, 6.07) is 8.10. The van der Waals surface area contributed by atoms with E-state index < -0.39 is 18.5 Å². The van der Waals surface area contributed by atoms with Gasteiger partial charge in [-0.3, -0.25) is 4.79 Å². The van der Waals surface area contributed by atoms with E-state index in [2.05, 4.69) is 10.6 Å². The van der Waals surface area contributed by atoms with Crippen molar-refractivity contribution in [2.24, 2.45) is 0 Å². The molecule has 2 N–H and O–H groups in total. The van der Waals surface area contributed by atoms with Gasteiger partial charge in [-0.25, -0.2) is 4.79 Å². The summed E-state index contributed by atoms with van der Waals surface area (Å²) in [7, 11) is 1.67. The summed E-state index contributed by atoms with van der Waals surface area (Å²) in [5.41, 5.74) is 0.942. The van der Waals surface area contributed by atoms with Gasteiger partial charge in [0.2, 0.25) is 0 Å². The van der Waals surface area contributed by atoms with Crippen molar-refractivity contribution in [1.29, 1.82) is 0 Å². The third-order valence-electron chi connectivity index (χ3n) is 3.13.